The summed E-state index contributed by atoms with van der Waals surface area (Å²) in [4.78, 5) is 0. The van der Waals surface area contributed by atoms with Crippen LogP contribution in [0.4, 0.5) is 0 Å². The van der Waals surface area contributed by atoms with Crippen molar-refractivity contribution in [3.05, 3.63) is 40.4 Å². The molecule has 2 aromatic rings. The third-order valence-electron chi connectivity index (χ3n) is 1.92. The Morgan fingerprint density at radius 1 is 0.923 bits per heavy atom. The van der Waals surface area contributed by atoms with E-state index >= 15 is 0 Å². The number of phenolic OH excluding ortho intramolecular Hbond substituents is 1. The molecule has 0 spiro atoms. The number of hydrogen-bond acceptors (Lipinski definition) is 1. The van der Waals surface area contributed by atoms with Gasteiger partial charge in [0, 0.05) is 15.8 Å². The highest BCUT2D eigenvalue weighted by Gasteiger charge is 2.05. The van der Waals surface area contributed by atoms with Crippen LogP contribution in [0.25, 0.3) is 10.8 Å². The van der Waals surface area contributed by atoms with E-state index in [1.54, 1.807) is 18.2 Å². The molecular formula is C10H6Cl2O. The number of aromatic hydroxyl groups is 1. The highest BCUT2D eigenvalue weighted by molar-refractivity contribution is 6.40. The lowest BCUT2D eigenvalue weighted by molar-refractivity contribution is 0.476. The molecule has 0 saturated carbocycles. The van der Waals surface area contributed by atoms with E-state index in [9.17, 15) is 5.11 Å². The molecule has 0 aliphatic heterocycles. The first-order valence-corrected chi connectivity index (χ1v) is 4.51. The first kappa shape index (κ1) is 8.67. The van der Waals surface area contributed by atoms with Crippen molar-refractivity contribution in [2.75, 3.05) is 0 Å². The van der Waals surface area contributed by atoms with Gasteiger partial charge in [0.25, 0.3) is 0 Å². The molecule has 0 fully saturated rings. The van der Waals surface area contributed by atoms with Gasteiger partial charge in [0.15, 0.2) is 0 Å². The van der Waals surface area contributed by atoms with E-state index in [0.29, 0.717) is 10.0 Å². The van der Waals surface area contributed by atoms with Crippen molar-refractivity contribution < 1.29 is 5.11 Å². The Morgan fingerprint density at radius 2 is 1.69 bits per heavy atom. The van der Waals surface area contributed by atoms with Crippen molar-refractivity contribution in [2.24, 2.45) is 0 Å². The molecule has 0 atom stereocenters. The van der Waals surface area contributed by atoms with Crippen LogP contribution in [0.5, 0.6) is 5.75 Å². The third-order valence-corrected chi connectivity index (χ3v) is 2.65. The highest BCUT2D eigenvalue weighted by atomic mass is 35.5. The van der Waals surface area contributed by atoms with Crippen LogP contribution >= 0.6 is 23.2 Å². The fourth-order valence-electron chi connectivity index (χ4n) is 1.27. The number of benzene rings is 2. The zero-order valence-corrected chi connectivity index (χ0v) is 8.10. The minimum Gasteiger partial charge on any atom is -0.506 e. The predicted molar refractivity (Wildman–Crippen MR) is 55.6 cm³/mol. The molecule has 0 unspecified atom stereocenters. The number of phenols is 1. The second-order valence-electron chi connectivity index (χ2n) is 2.73. The van der Waals surface area contributed by atoms with Crippen LogP contribution in [0.1, 0.15) is 0 Å². The lowest BCUT2D eigenvalue weighted by atomic mass is 10.1. The van der Waals surface area contributed by atoms with Gasteiger partial charge in [-0.1, -0.05) is 35.3 Å². The van der Waals surface area contributed by atoms with Crippen molar-refractivity contribution in [3.8, 4) is 5.75 Å². The van der Waals surface area contributed by atoms with Gasteiger partial charge in [-0.3, -0.25) is 0 Å². The van der Waals surface area contributed by atoms with Crippen molar-refractivity contribution >= 4 is 34.0 Å². The van der Waals surface area contributed by atoms with Crippen LogP contribution in [0.3, 0.4) is 0 Å². The molecule has 0 saturated heterocycles. The molecule has 1 N–H and O–H groups in total. The fourth-order valence-corrected chi connectivity index (χ4v) is 1.74. The monoisotopic (exact) mass is 212 g/mol. The Balaban J connectivity index is 2.94. The molecular weight excluding hydrogens is 207 g/mol. The Hall–Kier alpha value is -0.920. The van der Waals surface area contributed by atoms with Crippen molar-refractivity contribution in [2.45, 2.75) is 0 Å². The predicted octanol–water partition coefficient (Wildman–Crippen LogP) is 3.85. The normalized spacial score (nSPS) is 10.6. The average molecular weight is 213 g/mol. The maximum Gasteiger partial charge on any atom is 0.134 e. The summed E-state index contributed by atoms with van der Waals surface area (Å²) < 4.78 is 0. The first-order chi connectivity index (χ1) is 6.20. The summed E-state index contributed by atoms with van der Waals surface area (Å²) in [6.07, 6.45) is 0. The highest BCUT2D eigenvalue weighted by Crippen LogP contribution is 2.34. The van der Waals surface area contributed by atoms with Crippen LogP contribution in [-0.2, 0) is 0 Å². The molecule has 0 aliphatic rings. The molecule has 13 heavy (non-hydrogen) atoms. The summed E-state index contributed by atoms with van der Waals surface area (Å²) in [6, 6.07) is 8.70. The minimum atomic E-state index is 0.0800. The van der Waals surface area contributed by atoms with Crippen LogP contribution in [0.15, 0.2) is 30.3 Å². The SMILES string of the molecule is Oc1ccc2c(Cl)cccc2c1Cl. The topological polar surface area (TPSA) is 20.2 Å². The molecule has 0 amide bonds. The lowest BCUT2D eigenvalue weighted by Gasteiger charge is -2.03. The van der Waals surface area contributed by atoms with Gasteiger partial charge < -0.3 is 5.11 Å². The van der Waals surface area contributed by atoms with E-state index in [0.717, 1.165) is 10.8 Å². The molecule has 2 aromatic carbocycles. The van der Waals surface area contributed by atoms with Crippen molar-refractivity contribution in [1.29, 1.82) is 0 Å². The second kappa shape index (κ2) is 3.09. The Bertz CT molecular complexity index is 466. The largest absolute Gasteiger partial charge is 0.506 e. The Morgan fingerprint density at radius 3 is 2.46 bits per heavy atom. The molecule has 0 aliphatic carbocycles. The van der Waals surface area contributed by atoms with Crippen LogP contribution in [-0.4, -0.2) is 5.11 Å². The summed E-state index contributed by atoms with van der Waals surface area (Å²) in [5.41, 5.74) is 0. The van der Waals surface area contributed by atoms with Crippen molar-refractivity contribution in [3.63, 3.8) is 0 Å². The number of fused-ring (bicyclic) bond motifs is 1. The van der Waals surface area contributed by atoms with Gasteiger partial charge in [-0.15, -0.1) is 0 Å². The second-order valence-corrected chi connectivity index (χ2v) is 3.52. The first-order valence-electron chi connectivity index (χ1n) is 3.76. The molecule has 3 heteroatoms. The zero-order chi connectivity index (χ0) is 9.42. The minimum absolute atomic E-state index is 0.0800. The van der Waals surface area contributed by atoms with Gasteiger partial charge in [-0.25, -0.2) is 0 Å². The van der Waals surface area contributed by atoms with E-state index in [2.05, 4.69) is 0 Å². The van der Waals surface area contributed by atoms with E-state index in [1.165, 1.54) is 6.07 Å². The van der Waals surface area contributed by atoms with Gasteiger partial charge in [0.1, 0.15) is 5.75 Å². The van der Waals surface area contributed by atoms with E-state index in [-0.39, 0.29) is 5.75 Å². The van der Waals surface area contributed by atoms with Gasteiger partial charge in [-0.05, 0) is 18.2 Å². The summed E-state index contributed by atoms with van der Waals surface area (Å²) in [5, 5.41) is 11.9. The van der Waals surface area contributed by atoms with Gasteiger partial charge in [-0.2, -0.15) is 0 Å². The molecule has 66 valence electrons. The third kappa shape index (κ3) is 1.34. The summed E-state index contributed by atoms with van der Waals surface area (Å²) >= 11 is 11.8. The fraction of sp³-hybridized carbons (Fsp3) is 0. The van der Waals surface area contributed by atoms with E-state index < -0.39 is 0 Å². The molecule has 0 aromatic heterocycles. The Kier molecular flexibility index (Phi) is 2.06. The zero-order valence-electron chi connectivity index (χ0n) is 6.59. The van der Waals surface area contributed by atoms with Gasteiger partial charge in [0.05, 0.1) is 5.02 Å². The van der Waals surface area contributed by atoms with Gasteiger partial charge in [0.2, 0.25) is 0 Å². The quantitative estimate of drug-likeness (QED) is 0.704. The molecule has 0 bridgehead atoms. The lowest BCUT2D eigenvalue weighted by Crippen LogP contribution is -1.76. The van der Waals surface area contributed by atoms with E-state index in [4.69, 9.17) is 23.2 Å². The number of halogens is 2. The molecule has 2 rings (SSSR count). The maximum absolute atomic E-state index is 9.33. The smallest absolute Gasteiger partial charge is 0.134 e. The van der Waals surface area contributed by atoms with Crippen LogP contribution in [0, 0.1) is 0 Å². The standard InChI is InChI=1S/C10H6Cl2O/c11-8-3-1-2-7-6(8)4-5-9(13)10(7)12/h1-5,13H. The summed E-state index contributed by atoms with van der Waals surface area (Å²) in [6.45, 7) is 0. The summed E-state index contributed by atoms with van der Waals surface area (Å²) in [7, 11) is 0. The Labute approximate surface area is 85.5 Å². The maximum atomic E-state index is 9.33. The molecule has 0 radical (unpaired) electrons. The molecule has 0 heterocycles. The number of hydrogen-bond donors (Lipinski definition) is 1. The van der Waals surface area contributed by atoms with Crippen LogP contribution in [0.2, 0.25) is 10.0 Å². The number of rotatable bonds is 0. The van der Waals surface area contributed by atoms with Gasteiger partial charge >= 0.3 is 0 Å². The van der Waals surface area contributed by atoms with Crippen LogP contribution < -0.4 is 0 Å². The molecule has 1 nitrogen and oxygen atoms in total. The van der Waals surface area contributed by atoms with E-state index in [1.807, 2.05) is 6.07 Å². The summed E-state index contributed by atoms with van der Waals surface area (Å²) in [5.74, 6) is 0.0800. The average Bonchev–Trinajstić information content (AvgIpc) is 2.12. The van der Waals surface area contributed by atoms with Crippen molar-refractivity contribution in [1.82, 2.24) is 0 Å².